The minimum atomic E-state index is -2.36. The van der Waals surface area contributed by atoms with Gasteiger partial charge in [0.15, 0.2) is 0 Å². The first kappa shape index (κ1) is 15.6. The molecule has 0 radical (unpaired) electrons. The summed E-state index contributed by atoms with van der Waals surface area (Å²) in [5.41, 5.74) is 2.43. The van der Waals surface area contributed by atoms with Gasteiger partial charge in [0.1, 0.15) is 0 Å². The number of alkyl halides is 4. The summed E-state index contributed by atoms with van der Waals surface area (Å²) >= 11 is 5.81. The molecule has 2 rings (SSSR count). The molecule has 0 saturated heterocycles. The summed E-state index contributed by atoms with van der Waals surface area (Å²) in [6, 6.07) is 13.3. The highest BCUT2D eigenvalue weighted by Crippen LogP contribution is 2.55. The summed E-state index contributed by atoms with van der Waals surface area (Å²) in [5.74, 6) is 0. The second-order valence-corrected chi connectivity index (χ2v) is 7.07. The Morgan fingerprint density at radius 1 is 0.650 bits per heavy atom. The predicted octanol–water partition coefficient (Wildman–Crippen LogP) is 6.04. The molecule has 2 aromatic rings. The number of rotatable bonds is 3. The van der Waals surface area contributed by atoms with Crippen LogP contribution >= 0.6 is 31.9 Å². The first-order valence-corrected chi connectivity index (χ1v) is 7.73. The quantitative estimate of drug-likeness (QED) is 0.548. The van der Waals surface area contributed by atoms with Crippen molar-refractivity contribution in [2.75, 3.05) is 0 Å². The van der Waals surface area contributed by atoms with Crippen molar-refractivity contribution in [1.29, 1.82) is 0 Å². The van der Waals surface area contributed by atoms with Crippen molar-refractivity contribution in [3.05, 3.63) is 70.8 Å². The van der Waals surface area contributed by atoms with Crippen LogP contribution in [0.5, 0.6) is 0 Å². The zero-order valence-electron chi connectivity index (χ0n) is 11.1. The summed E-state index contributed by atoms with van der Waals surface area (Å²) in [5, 5.41) is 0. The van der Waals surface area contributed by atoms with Crippen LogP contribution in [-0.4, -0.2) is 0 Å². The van der Waals surface area contributed by atoms with Gasteiger partial charge in [-0.25, -0.2) is 8.78 Å². The molecule has 4 heteroatoms. The zero-order chi connectivity index (χ0) is 15.0. The van der Waals surface area contributed by atoms with E-state index >= 15 is 8.78 Å². The third-order valence-corrected chi connectivity index (χ3v) is 5.76. The van der Waals surface area contributed by atoms with Gasteiger partial charge in [-0.05, 0) is 45.7 Å². The number of aryl methyl sites for hydroxylation is 2. The minimum Gasteiger partial charge on any atom is -0.221 e. The fourth-order valence-corrected chi connectivity index (χ4v) is 2.87. The van der Waals surface area contributed by atoms with E-state index in [4.69, 9.17) is 0 Å². The molecule has 0 aliphatic carbocycles. The molecule has 2 aromatic carbocycles. The van der Waals surface area contributed by atoms with Gasteiger partial charge in [0.2, 0.25) is 9.16 Å². The summed E-state index contributed by atoms with van der Waals surface area (Å²) in [6.45, 7) is 3.80. The van der Waals surface area contributed by atoms with Crippen LogP contribution in [0.4, 0.5) is 8.78 Å². The third kappa shape index (κ3) is 2.82. The first-order chi connectivity index (χ1) is 9.25. The summed E-state index contributed by atoms with van der Waals surface area (Å²) in [6.07, 6.45) is 0. The molecule has 2 atom stereocenters. The number of benzene rings is 2. The molecule has 0 aliphatic rings. The van der Waals surface area contributed by atoms with Crippen molar-refractivity contribution in [2.24, 2.45) is 0 Å². The zero-order valence-corrected chi connectivity index (χ0v) is 14.3. The molecule has 0 aliphatic heterocycles. The molecule has 0 N–H and O–H groups in total. The maximum absolute atomic E-state index is 15.0. The van der Waals surface area contributed by atoms with Gasteiger partial charge >= 0.3 is 0 Å². The summed E-state index contributed by atoms with van der Waals surface area (Å²) < 4.78 is 25.3. The predicted molar refractivity (Wildman–Crippen MR) is 85.8 cm³/mol. The Labute approximate surface area is 134 Å². The van der Waals surface area contributed by atoms with E-state index in [0.29, 0.717) is 0 Å². The van der Waals surface area contributed by atoms with Gasteiger partial charge in [-0.1, -0.05) is 59.7 Å². The molecule has 0 nitrogen and oxygen atoms in total. The molecule has 106 valence electrons. The number of hydrogen-bond donors (Lipinski definition) is 0. The molecule has 0 fully saturated rings. The lowest BCUT2D eigenvalue weighted by atomic mass is 9.99. The number of hydrogen-bond acceptors (Lipinski definition) is 0. The highest BCUT2D eigenvalue weighted by Gasteiger charge is 2.52. The van der Waals surface area contributed by atoms with Crippen LogP contribution in [0.1, 0.15) is 22.3 Å². The number of halogens is 4. The van der Waals surface area contributed by atoms with Gasteiger partial charge in [-0.3, -0.25) is 0 Å². The van der Waals surface area contributed by atoms with E-state index < -0.39 is 9.16 Å². The topological polar surface area (TPSA) is 0 Å². The molecule has 0 bridgehead atoms. The van der Waals surface area contributed by atoms with Crippen LogP contribution in [0.2, 0.25) is 0 Å². The molecule has 0 saturated carbocycles. The van der Waals surface area contributed by atoms with Crippen LogP contribution < -0.4 is 0 Å². The Balaban J connectivity index is 2.45. The average Bonchev–Trinajstić information content (AvgIpc) is 2.39. The Hall–Kier alpha value is -0.740. The van der Waals surface area contributed by atoms with Crippen molar-refractivity contribution in [1.82, 2.24) is 0 Å². The normalized spacial score (nSPS) is 17.3. The molecular weight excluding hydrogens is 390 g/mol. The summed E-state index contributed by atoms with van der Waals surface area (Å²) in [4.78, 5) is 0. The second-order valence-electron chi connectivity index (χ2n) is 4.88. The molecule has 0 spiro atoms. The van der Waals surface area contributed by atoms with Crippen molar-refractivity contribution in [3.8, 4) is 0 Å². The van der Waals surface area contributed by atoms with Crippen LogP contribution in [0.25, 0.3) is 0 Å². The van der Waals surface area contributed by atoms with Gasteiger partial charge < -0.3 is 0 Å². The Bertz CT molecular complexity index is 531. The first-order valence-electron chi connectivity index (χ1n) is 6.15. The largest absolute Gasteiger partial charge is 0.237 e. The van der Waals surface area contributed by atoms with E-state index in [1.807, 2.05) is 13.8 Å². The van der Waals surface area contributed by atoms with Crippen LogP contribution in [0.15, 0.2) is 48.5 Å². The highest BCUT2D eigenvalue weighted by atomic mass is 79.9. The van der Waals surface area contributed by atoms with E-state index in [0.717, 1.165) is 11.1 Å². The van der Waals surface area contributed by atoms with E-state index in [1.165, 1.54) is 0 Å². The molecule has 20 heavy (non-hydrogen) atoms. The maximum Gasteiger partial charge on any atom is 0.237 e. The smallest absolute Gasteiger partial charge is 0.221 e. The van der Waals surface area contributed by atoms with E-state index in [9.17, 15) is 0 Å². The van der Waals surface area contributed by atoms with Gasteiger partial charge in [0, 0.05) is 11.1 Å². The monoisotopic (exact) mass is 402 g/mol. The van der Waals surface area contributed by atoms with Crippen molar-refractivity contribution >= 4 is 31.9 Å². The fraction of sp³-hybridized carbons (Fsp3) is 0.250. The second kappa shape index (κ2) is 5.57. The lowest BCUT2D eigenvalue weighted by molar-refractivity contribution is 0.117. The van der Waals surface area contributed by atoms with Gasteiger partial charge in [0.05, 0.1) is 0 Å². The van der Waals surface area contributed by atoms with Gasteiger partial charge in [-0.15, -0.1) is 0 Å². The van der Waals surface area contributed by atoms with Gasteiger partial charge in [-0.2, -0.15) is 0 Å². The summed E-state index contributed by atoms with van der Waals surface area (Å²) in [7, 11) is 0. The molecule has 0 heterocycles. The lowest BCUT2D eigenvalue weighted by Gasteiger charge is -2.31. The standard InChI is InChI=1S/C16H14Br2F2/c1-11-3-7-13(8-4-11)15(17,19)16(18,20)14-9-5-12(2)6-10-14/h3-10H,1-2H3/t15-,16+. The van der Waals surface area contributed by atoms with Crippen molar-refractivity contribution in [2.45, 2.75) is 23.0 Å². The van der Waals surface area contributed by atoms with E-state index in [-0.39, 0.29) is 11.1 Å². The Morgan fingerprint density at radius 3 is 1.15 bits per heavy atom. The lowest BCUT2D eigenvalue weighted by Crippen LogP contribution is -2.32. The highest BCUT2D eigenvalue weighted by molar-refractivity contribution is 9.12. The molecular formula is C16H14Br2F2. The molecule has 0 aromatic heterocycles. The van der Waals surface area contributed by atoms with Crippen molar-refractivity contribution in [3.63, 3.8) is 0 Å². The van der Waals surface area contributed by atoms with Crippen LogP contribution in [-0.2, 0) is 9.16 Å². The Morgan fingerprint density at radius 2 is 0.900 bits per heavy atom. The third-order valence-electron chi connectivity index (χ3n) is 3.22. The molecule has 0 amide bonds. The average molecular weight is 404 g/mol. The fourth-order valence-electron chi connectivity index (χ4n) is 1.89. The van der Waals surface area contributed by atoms with E-state index in [1.54, 1.807) is 48.5 Å². The van der Waals surface area contributed by atoms with Crippen LogP contribution in [0.3, 0.4) is 0 Å². The maximum atomic E-state index is 15.0. The Kier molecular flexibility index (Phi) is 4.35. The van der Waals surface area contributed by atoms with E-state index in [2.05, 4.69) is 31.9 Å². The molecule has 0 unspecified atom stereocenters. The minimum absolute atomic E-state index is 0.225. The van der Waals surface area contributed by atoms with Gasteiger partial charge in [0.25, 0.3) is 0 Å². The van der Waals surface area contributed by atoms with Crippen LogP contribution in [0, 0.1) is 13.8 Å². The van der Waals surface area contributed by atoms with Crippen molar-refractivity contribution < 1.29 is 8.78 Å². The SMILES string of the molecule is Cc1ccc([C@](F)(Br)[C@](F)(Br)c2ccc(C)cc2)cc1.